The van der Waals surface area contributed by atoms with Crippen molar-refractivity contribution >= 4 is 11.6 Å². The Labute approximate surface area is 96.6 Å². The molecule has 1 nitrogen and oxygen atoms in total. The van der Waals surface area contributed by atoms with Gasteiger partial charge in [-0.1, -0.05) is 36.7 Å². The first kappa shape index (κ1) is 11.0. The molecule has 15 heavy (non-hydrogen) atoms. The van der Waals surface area contributed by atoms with Gasteiger partial charge in [-0.15, -0.1) is 0 Å². The molecule has 0 bridgehead atoms. The minimum atomic E-state index is 0.352. The average Bonchev–Trinajstić information content (AvgIpc) is 2.51. The molecule has 1 aliphatic carbocycles. The van der Waals surface area contributed by atoms with E-state index in [9.17, 15) is 0 Å². The minimum Gasteiger partial charge on any atom is -0.328 e. The molecule has 1 fully saturated rings. The van der Waals surface area contributed by atoms with Crippen LogP contribution in [0.25, 0.3) is 0 Å². The predicted molar refractivity (Wildman–Crippen MR) is 65.1 cm³/mol. The van der Waals surface area contributed by atoms with E-state index in [4.69, 9.17) is 17.3 Å². The van der Waals surface area contributed by atoms with E-state index in [0.29, 0.717) is 11.5 Å². The van der Waals surface area contributed by atoms with E-state index in [2.05, 4.69) is 19.1 Å². The highest BCUT2D eigenvalue weighted by atomic mass is 35.5. The Morgan fingerprint density at radius 1 is 1.47 bits per heavy atom. The smallest absolute Gasteiger partial charge is 0.0438 e. The number of benzene rings is 1. The summed E-state index contributed by atoms with van der Waals surface area (Å²) < 4.78 is 0. The molecule has 0 aromatic heterocycles. The Bertz CT molecular complexity index is 350. The fourth-order valence-electron chi connectivity index (χ4n) is 2.63. The normalized spacial score (nSPS) is 30.7. The zero-order valence-corrected chi connectivity index (χ0v) is 9.93. The van der Waals surface area contributed by atoms with Crippen LogP contribution in [0.5, 0.6) is 0 Å². The maximum atomic E-state index is 6.17. The Hall–Kier alpha value is -0.530. The molecule has 82 valence electrons. The lowest BCUT2D eigenvalue weighted by Crippen LogP contribution is -2.21. The van der Waals surface area contributed by atoms with Crippen LogP contribution in [0.4, 0.5) is 0 Å². The molecule has 2 rings (SSSR count). The Kier molecular flexibility index (Phi) is 3.03. The lowest BCUT2D eigenvalue weighted by Gasteiger charge is -2.24. The lowest BCUT2D eigenvalue weighted by molar-refractivity contribution is 0.329. The molecule has 0 radical (unpaired) electrons. The monoisotopic (exact) mass is 223 g/mol. The highest BCUT2D eigenvalue weighted by Gasteiger charge is 2.33. The Balaban J connectivity index is 2.12. The van der Waals surface area contributed by atoms with Crippen molar-refractivity contribution in [1.29, 1.82) is 0 Å². The first-order valence-corrected chi connectivity index (χ1v) is 5.96. The van der Waals surface area contributed by atoms with Crippen molar-refractivity contribution in [2.75, 3.05) is 0 Å². The van der Waals surface area contributed by atoms with Crippen LogP contribution in [0.2, 0.25) is 5.02 Å². The van der Waals surface area contributed by atoms with E-state index in [1.165, 1.54) is 12.0 Å². The minimum absolute atomic E-state index is 0.352. The van der Waals surface area contributed by atoms with Gasteiger partial charge in [0.1, 0.15) is 0 Å². The van der Waals surface area contributed by atoms with Crippen molar-refractivity contribution in [3.05, 3.63) is 34.9 Å². The third-order valence-electron chi connectivity index (χ3n) is 3.45. The number of halogens is 1. The molecule has 0 amide bonds. The third-order valence-corrected chi connectivity index (χ3v) is 3.82. The summed E-state index contributed by atoms with van der Waals surface area (Å²) in [5.74, 6) is 0. The topological polar surface area (TPSA) is 26.0 Å². The highest BCUT2D eigenvalue weighted by Crippen LogP contribution is 2.40. The largest absolute Gasteiger partial charge is 0.328 e. The molecule has 1 saturated carbocycles. The van der Waals surface area contributed by atoms with E-state index < -0.39 is 0 Å². The molecule has 2 heteroatoms. The molecule has 0 spiro atoms. The molecule has 1 aromatic carbocycles. The van der Waals surface area contributed by atoms with Gasteiger partial charge in [0, 0.05) is 11.1 Å². The third kappa shape index (κ3) is 2.53. The quantitative estimate of drug-likeness (QED) is 0.817. The van der Waals surface area contributed by atoms with Crippen molar-refractivity contribution in [2.45, 2.75) is 38.6 Å². The molecule has 1 aromatic rings. The second-order valence-electron chi connectivity index (χ2n) is 5.08. The van der Waals surface area contributed by atoms with Crippen molar-refractivity contribution < 1.29 is 0 Å². The SMILES string of the molecule is CC1(Cc2ccccc2Cl)CCC(N)C1. The maximum absolute atomic E-state index is 6.17. The predicted octanol–water partition coefficient (Wildman–Crippen LogP) is 3.40. The van der Waals surface area contributed by atoms with Crippen LogP contribution >= 0.6 is 11.6 Å². The molecular weight excluding hydrogens is 206 g/mol. The lowest BCUT2D eigenvalue weighted by atomic mass is 9.82. The van der Waals surface area contributed by atoms with E-state index in [-0.39, 0.29) is 0 Å². The molecule has 0 aliphatic heterocycles. The molecule has 2 N–H and O–H groups in total. The van der Waals surface area contributed by atoms with Crippen molar-refractivity contribution in [3.8, 4) is 0 Å². The van der Waals surface area contributed by atoms with E-state index in [0.717, 1.165) is 24.3 Å². The summed E-state index contributed by atoms with van der Waals surface area (Å²) in [7, 11) is 0. The summed E-state index contributed by atoms with van der Waals surface area (Å²) in [4.78, 5) is 0. The second kappa shape index (κ2) is 4.15. The standard InChI is InChI=1S/C13H18ClN/c1-13(7-6-11(15)9-13)8-10-4-2-3-5-12(10)14/h2-5,11H,6-9,15H2,1H3. The molecule has 2 unspecified atom stereocenters. The van der Waals surface area contributed by atoms with E-state index >= 15 is 0 Å². The van der Waals surface area contributed by atoms with Gasteiger partial charge >= 0.3 is 0 Å². The van der Waals surface area contributed by atoms with Crippen LogP contribution in [0.1, 0.15) is 31.7 Å². The Morgan fingerprint density at radius 2 is 2.20 bits per heavy atom. The van der Waals surface area contributed by atoms with E-state index in [1.54, 1.807) is 0 Å². The number of hydrogen-bond donors (Lipinski definition) is 1. The van der Waals surface area contributed by atoms with Crippen LogP contribution in [-0.4, -0.2) is 6.04 Å². The Morgan fingerprint density at radius 3 is 2.80 bits per heavy atom. The van der Waals surface area contributed by atoms with Crippen LogP contribution in [-0.2, 0) is 6.42 Å². The summed E-state index contributed by atoms with van der Waals surface area (Å²) in [5.41, 5.74) is 7.58. The van der Waals surface area contributed by atoms with Gasteiger partial charge < -0.3 is 5.73 Å². The van der Waals surface area contributed by atoms with Crippen LogP contribution < -0.4 is 5.73 Å². The molecular formula is C13H18ClN. The second-order valence-corrected chi connectivity index (χ2v) is 5.49. The van der Waals surface area contributed by atoms with Crippen LogP contribution in [0, 0.1) is 5.41 Å². The first-order valence-electron chi connectivity index (χ1n) is 5.58. The van der Waals surface area contributed by atoms with Gasteiger partial charge in [-0.25, -0.2) is 0 Å². The number of rotatable bonds is 2. The number of hydrogen-bond acceptors (Lipinski definition) is 1. The van der Waals surface area contributed by atoms with E-state index in [1.807, 2.05) is 12.1 Å². The highest BCUT2D eigenvalue weighted by molar-refractivity contribution is 6.31. The fourth-order valence-corrected chi connectivity index (χ4v) is 2.84. The van der Waals surface area contributed by atoms with Crippen LogP contribution in [0.15, 0.2) is 24.3 Å². The fraction of sp³-hybridized carbons (Fsp3) is 0.538. The van der Waals surface area contributed by atoms with Crippen molar-refractivity contribution in [1.82, 2.24) is 0 Å². The van der Waals surface area contributed by atoms with Crippen molar-refractivity contribution in [3.63, 3.8) is 0 Å². The van der Waals surface area contributed by atoms with Gasteiger partial charge in [0.15, 0.2) is 0 Å². The summed E-state index contributed by atoms with van der Waals surface area (Å²) in [5, 5.41) is 0.888. The zero-order valence-electron chi connectivity index (χ0n) is 9.17. The van der Waals surface area contributed by atoms with Gasteiger partial charge in [-0.3, -0.25) is 0 Å². The average molecular weight is 224 g/mol. The van der Waals surface area contributed by atoms with Crippen LogP contribution in [0.3, 0.4) is 0 Å². The molecule has 1 aliphatic rings. The van der Waals surface area contributed by atoms with Gasteiger partial charge in [0.2, 0.25) is 0 Å². The number of nitrogens with two attached hydrogens (primary N) is 1. The molecule has 0 saturated heterocycles. The summed E-state index contributed by atoms with van der Waals surface area (Å²) in [6.45, 7) is 2.32. The maximum Gasteiger partial charge on any atom is 0.0438 e. The van der Waals surface area contributed by atoms with Crippen molar-refractivity contribution in [2.24, 2.45) is 11.1 Å². The van der Waals surface area contributed by atoms with Gasteiger partial charge in [0.05, 0.1) is 0 Å². The summed E-state index contributed by atoms with van der Waals surface area (Å²) >= 11 is 6.17. The molecule has 0 heterocycles. The zero-order chi connectivity index (χ0) is 10.9. The molecule has 2 atom stereocenters. The first-order chi connectivity index (χ1) is 7.09. The van der Waals surface area contributed by atoms with Gasteiger partial charge in [-0.05, 0) is 42.7 Å². The van der Waals surface area contributed by atoms with Gasteiger partial charge in [-0.2, -0.15) is 0 Å². The summed E-state index contributed by atoms with van der Waals surface area (Å²) in [6, 6.07) is 8.51. The summed E-state index contributed by atoms with van der Waals surface area (Å²) in [6.07, 6.45) is 4.55. The van der Waals surface area contributed by atoms with Gasteiger partial charge in [0.25, 0.3) is 0 Å².